The Kier molecular flexibility index (Phi) is 3.29. The Hall–Kier alpha value is -1.47. The van der Waals surface area contributed by atoms with Gasteiger partial charge in [0, 0.05) is 5.56 Å². The number of fused-ring (bicyclic) bond motifs is 3. The molecule has 0 fully saturated rings. The normalized spacial score (nSPS) is 22.4. The van der Waals surface area contributed by atoms with Crippen LogP contribution in [-0.2, 0) is 22.4 Å². The summed E-state index contributed by atoms with van der Waals surface area (Å²) in [6.07, 6.45) is 1.13. The van der Waals surface area contributed by atoms with Crippen LogP contribution in [0.2, 0.25) is 0 Å². The van der Waals surface area contributed by atoms with Gasteiger partial charge in [0.2, 0.25) is 0 Å². The molecule has 0 amide bonds. The Bertz CT molecular complexity index is 609. The third-order valence-electron chi connectivity index (χ3n) is 4.21. The Morgan fingerprint density at radius 3 is 2.90 bits per heavy atom. The lowest BCUT2D eigenvalue weighted by molar-refractivity contribution is -0.313. The van der Waals surface area contributed by atoms with Gasteiger partial charge >= 0.3 is 5.97 Å². The van der Waals surface area contributed by atoms with Crippen molar-refractivity contribution in [2.24, 2.45) is 5.41 Å². The molecule has 6 nitrogen and oxygen atoms in total. The third-order valence-corrected chi connectivity index (χ3v) is 4.21. The van der Waals surface area contributed by atoms with Gasteiger partial charge in [0.05, 0.1) is 5.56 Å². The summed E-state index contributed by atoms with van der Waals surface area (Å²) in [5, 5.41) is 18.4. The van der Waals surface area contributed by atoms with Crippen LogP contribution in [0, 0.1) is 17.5 Å². The van der Waals surface area contributed by atoms with Gasteiger partial charge in [-0.25, -0.2) is 4.79 Å². The zero-order valence-corrected chi connectivity index (χ0v) is 12.3. The van der Waals surface area contributed by atoms with Crippen LogP contribution in [0.5, 0.6) is 0 Å². The van der Waals surface area contributed by atoms with Crippen molar-refractivity contribution < 1.29 is 19.6 Å². The fourth-order valence-corrected chi connectivity index (χ4v) is 3.51. The Morgan fingerprint density at radius 2 is 2.24 bits per heavy atom. The largest absolute Gasteiger partial charge is 0.738 e. The molecule has 1 N–H and O–H groups in total. The molecule has 0 saturated carbocycles. The second kappa shape index (κ2) is 4.78. The number of rotatable bonds is 3. The highest BCUT2D eigenvalue weighted by Gasteiger charge is 2.40. The fraction of sp³-hybridized carbons (Fsp3) is 0.533. The van der Waals surface area contributed by atoms with Crippen molar-refractivity contribution in [3.05, 3.63) is 39.1 Å². The van der Waals surface area contributed by atoms with Crippen molar-refractivity contribution in [2.75, 3.05) is 6.61 Å². The van der Waals surface area contributed by atoms with Gasteiger partial charge in [0.1, 0.15) is 6.61 Å². The third kappa shape index (κ3) is 2.44. The number of ether oxygens (including phenoxy) is 1. The van der Waals surface area contributed by atoms with Crippen LogP contribution in [0.4, 0.5) is 0 Å². The highest BCUT2D eigenvalue weighted by atomic mass is 17.1. The molecular formula is C15H18NO5-. The van der Waals surface area contributed by atoms with Crippen molar-refractivity contribution >= 4 is 5.97 Å². The standard InChI is InChI=1S/C15H18NO5/c1-8-4-9-5-15(2,3)6-10(9)13-12(8)11(21-14(13)17)7-20-16(18)19/h4,11,18H,5-7H2,1-3H3/q-1/t11-/m0/s1. The zero-order chi connectivity index (χ0) is 15.4. The average Bonchev–Trinajstić information content (AvgIpc) is 2.83. The molecule has 0 unspecified atom stereocenters. The Labute approximate surface area is 122 Å². The van der Waals surface area contributed by atoms with Crippen LogP contribution in [0.15, 0.2) is 6.07 Å². The molecule has 0 radical (unpaired) electrons. The van der Waals surface area contributed by atoms with E-state index in [4.69, 9.17) is 9.94 Å². The SMILES string of the molecule is Cc1cc2c(c3c1[C@H](CON([O-])O)OC3=O)CC(C)(C)C2. The number of carbonyl (C=O) groups excluding carboxylic acids is 1. The van der Waals surface area contributed by atoms with Gasteiger partial charge < -0.3 is 15.2 Å². The van der Waals surface area contributed by atoms with Crippen molar-refractivity contribution in [1.29, 1.82) is 0 Å². The topological polar surface area (TPSA) is 82.1 Å². The van der Waals surface area contributed by atoms with Gasteiger partial charge in [-0.15, -0.1) is 5.39 Å². The summed E-state index contributed by atoms with van der Waals surface area (Å²) in [6, 6.07) is 2.09. The van der Waals surface area contributed by atoms with Gasteiger partial charge in [0.15, 0.2) is 6.10 Å². The van der Waals surface area contributed by atoms with Gasteiger partial charge in [-0.1, -0.05) is 19.9 Å². The molecule has 1 aromatic carbocycles. The number of hydrogen-bond donors (Lipinski definition) is 1. The minimum atomic E-state index is -0.648. The molecule has 21 heavy (non-hydrogen) atoms. The van der Waals surface area contributed by atoms with E-state index in [0.717, 1.165) is 29.5 Å². The van der Waals surface area contributed by atoms with E-state index in [-0.39, 0.29) is 18.0 Å². The zero-order valence-electron chi connectivity index (χ0n) is 12.3. The smallest absolute Gasteiger partial charge is 0.339 e. The first-order chi connectivity index (χ1) is 9.78. The van der Waals surface area contributed by atoms with E-state index < -0.39 is 11.5 Å². The lowest BCUT2D eigenvalue weighted by Crippen LogP contribution is -2.17. The monoisotopic (exact) mass is 292 g/mol. The van der Waals surface area contributed by atoms with Crippen LogP contribution in [0.1, 0.15) is 52.6 Å². The minimum absolute atomic E-state index is 0.135. The lowest BCUT2D eigenvalue weighted by Gasteiger charge is -2.21. The summed E-state index contributed by atoms with van der Waals surface area (Å²) in [5.74, 6) is -0.369. The number of aryl methyl sites for hydroxylation is 1. The Balaban J connectivity index is 2.02. The predicted octanol–water partition coefficient (Wildman–Crippen LogP) is 2.45. The summed E-state index contributed by atoms with van der Waals surface area (Å²) in [6.45, 7) is 6.09. The van der Waals surface area contributed by atoms with E-state index in [1.54, 1.807) is 0 Å². The molecule has 0 spiro atoms. The molecule has 0 saturated heterocycles. The first kappa shape index (κ1) is 14.5. The summed E-state index contributed by atoms with van der Waals surface area (Å²) in [7, 11) is 0. The maximum Gasteiger partial charge on any atom is 0.339 e. The first-order valence-electron chi connectivity index (χ1n) is 6.94. The van der Waals surface area contributed by atoms with Crippen LogP contribution >= 0.6 is 0 Å². The van der Waals surface area contributed by atoms with Crippen LogP contribution in [0.25, 0.3) is 0 Å². The highest BCUT2D eigenvalue weighted by Crippen LogP contribution is 2.44. The molecule has 1 aromatic rings. The van der Waals surface area contributed by atoms with E-state index in [9.17, 15) is 10.0 Å². The van der Waals surface area contributed by atoms with E-state index in [2.05, 4.69) is 24.8 Å². The van der Waals surface area contributed by atoms with Crippen molar-refractivity contribution in [1.82, 2.24) is 5.39 Å². The second-order valence-electron chi connectivity index (χ2n) is 6.57. The molecule has 1 heterocycles. The minimum Gasteiger partial charge on any atom is -0.738 e. The molecule has 1 atom stereocenters. The summed E-state index contributed by atoms with van der Waals surface area (Å²) in [5.41, 5.74) is 4.74. The molecule has 0 bridgehead atoms. The van der Waals surface area contributed by atoms with Crippen LogP contribution in [-0.4, -0.2) is 23.2 Å². The molecule has 2 aliphatic rings. The van der Waals surface area contributed by atoms with E-state index in [0.29, 0.717) is 5.56 Å². The molecule has 6 heteroatoms. The van der Waals surface area contributed by atoms with E-state index in [1.807, 2.05) is 6.92 Å². The molecule has 1 aliphatic carbocycles. The second-order valence-corrected chi connectivity index (χ2v) is 6.57. The average molecular weight is 292 g/mol. The summed E-state index contributed by atoms with van der Waals surface area (Å²) in [4.78, 5) is 16.7. The van der Waals surface area contributed by atoms with Gasteiger partial charge in [-0.2, -0.15) is 0 Å². The summed E-state index contributed by atoms with van der Waals surface area (Å²) >= 11 is 0. The number of cyclic esters (lactones) is 1. The molecule has 0 aromatic heterocycles. The quantitative estimate of drug-likeness (QED) is 0.680. The van der Waals surface area contributed by atoms with Crippen LogP contribution < -0.4 is 0 Å². The number of esters is 1. The maximum absolute atomic E-state index is 12.2. The lowest BCUT2D eigenvalue weighted by atomic mass is 9.89. The van der Waals surface area contributed by atoms with E-state index in [1.165, 1.54) is 5.56 Å². The van der Waals surface area contributed by atoms with E-state index >= 15 is 0 Å². The molecule has 114 valence electrons. The van der Waals surface area contributed by atoms with Gasteiger partial charge in [-0.05, 0) is 41.9 Å². The first-order valence-corrected chi connectivity index (χ1v) is 6.94. The highest BCUT2D eigenvalue weighted by molar-refractivity contribution is 5.97. The number of carbonyl (C=O) groups is 1. The van der Waals surface area contributed by atoms with Gasteiger partial charge in [-0.3, -0.25) is 4.84 Å². The maximum atomic E-state index is 12.2. The molecule has 1 aliphatic heterocycles. The number of nitrogens with zero attached hydrogens (tertiary/aromatic N) is 1. The number of benzene rings is 1. The van der Waals surface area contributed by atoms with Crippen molar-refractivity contribution in [3.63, 3.8) is 0 Å². The van der Waals surface area contributed by atoms with Crippen molar-refractivity contribution in [2.45, 2.75) is 39.7 Å². The molecular weight excluding hydrogens is 274 g/mol. The molecule has 3 rings (SSSR count). The van der Waals surface area contributed by atoms with Crippen LogP contribution in [0.3, 0.4) is 0 Å². The summed E-state index contributed by atoms with van der Waals surface area (Å²) < 4.78 is 5.32. The number of hydrogen-bond acceptors (Lipinski definition) is 6. The predicted molar refractivity (Wildman–Crippen MR) is 73.5 cm³/mol. The Morgan fingerprint density at radius 1 is 1.52 bits per heavy atom. The van der Waals surface area contributed by atoms with Crippen molar-refractivity contribution in [3.8, 4) is 0 Å². The fourth-order valence-electron chi connectivity index (χ4n) is 3.51. The van der Waals surface area contributed by atoms with Gasteiger partial charge in [0.25, 0.3) is 0 Å².